The van der Waals surface area contributed by atoms with E-state index in [0.29, 0.717) is 17.4 Å². The van der Waals surface area contributed by atoms with Gasteiger partial charge >= 0.3 is 7.82 Å². The van der Waals surface area contributed by atoms with Gasteiger partial charge in [0.25, 0.3) is 0 Å². The van der Waals surface area contributed by atoms with Crippen LogP contribution in [0.4, 0.5) is 0 Å². The smallest absolute Gasteiger partial charge is 0.387 e. The summed E-state index contributed by atoms with van der Waals surface area (Å²) < 4.78 is 23.5. The normalized spacial score (nSPS) is 14.6. The average molecular weight is 772 g/mol. The fourth-order valence-electron chi connectivity index (χ4n) is 6.35. The van der Waals surface area contributed by atoms with Crippen LogP contribution in [0.5, 0.6) is 0 Å². The van der Waals surface area contributed by atoms with Crippen LogP contribution in [-0.2, 0) is 18.4 Å². The average Bonchev–Trinajstić information content (AvgIpc) is 3.10. The molecule has 53 heavy (non-hydrogen) atoms. The second-order valence-corrected chi connectivity index (χ2v) is 17.9. The van der Waals surface area contributed by atoms with E-state index in [1.165, 1.54) is 141 Å². The summed E-state index contributed by atoms with van der Waals surface area (Å²) in [5.74, 6) is -0.186. The summed E-state index contributed by atoms with van der Waals surface area (Å²) in [4.78, 5) is 23.1. The molecule has 1 unspecified atom stereocenters. The van der Waals surface area contributed by atoms with E-state index in [0.717, 1.165) is 38.5 Å². The van der Waals surface area contributed by atoms with Crippen molar-refractivity contribution < 1.29 is 32.9 Å². The molecule has 3 N–H and O–H groups in total. The van der Waals surface area contributed by atoms with E-state index < -0.39 is 20.0 Å². The number of phosphoric ester groups is 1. The van der Waals surface area contributed by atoms with Gasteiger partial charge in [0.2, 0.25) is 5.91 Å². The number of unbranched alkanes of at least 4 members (excludes halogenated alkanes) is 25. The third-order valence-electron chi connectivity index (χ3n) is 9.92. The molecule has 0 aliphatic carbocycles. The highest BCUT2D eigenvalue weighted by atomic mass is 31.2. The second-order valence-electron chi connectivity index (χ2n) is 16.4. The predicted octanol–water partition coefficient (Wildman–Crippen LogP) is 12.1. The van der Waals surface area contributed by atoms with Gasteiger partial charge in [-0.05, 0) is 32.1 Å². The Balaban J connectivity index is 4.47. The number of nitrogens with one attached hydrogen (secondary N) is 1. The molecule has 314 valence electrons. The first-order valence-electron chi connectivity index (χ1n) is 22.2. The summed E-state index contributed by atoms with van der Waals surface area (Å²) in [5, 5.41) is 13.8. The molecule has 8 nitrogen and oxygen atoms in total. The second kappa shape index (κ2) is 36.6. The fourth-order valence-corrected chi connectivity index (χ4v) is 7.09. The maximum absolute atomic E-state index is 12.8. The molecule has 0 heterocycles. The number of carbonyl (C=O) groups excluding carboxylic acids is 1. The number of hydrogen-bond acceptors (Lipinski definition) is 5. The van der Waals surface area contributed by atoms with Gasteiger partial charge in [-0.2, -0.15) is 0 Å². The molecule has 0 spiro atoms. The van der Waals surface area contributed by atoms with Crippen LogP contribution in [0.3, 0.4) is 0 Å². The van der Waals surface area contributed by atoms with Crippen LogP contribution in [0.1, 0.15) is 200 Å². The summed E-state index contributed by atoms with van der Waals surface area (Å²) in [7, 11) is 1.56. The van der Waals surface area contributed by atoms with Crippen molar-refractivity contribution in [1.29, 1.82) is 0 Å². The van der Waals surface area contributed by atoms with Crippen molar-refractivity contribution in [3.63, 3.8) is 0 Å². The molecule has 0 bridgehead atoms. The number of rotatable bonds is 40. The van der Waals surface area contributed by atoms with Crippen molar-refractivity contribution in [2.24, 2.45) is 0 Å². The summed E-state index contributed by atoms with van der Waals surface area (Å²) in [5.41, 5.74) is 0. The number of amides is 1. The van der Waals surface area contributed by atoms with Gasteiger partial charge in [0.1, 0.15) is 13.2 Å². The molecule has 0 saturated carbocycles. The topological polar surface area (TPSA) is 105 Å². The molecule has 3 atom stereocenters. The Bertz CT molecular complexity index is 922. The molecule has 0 fully saturated rings. The Morgan fingerprint density at radius 2 is 1.04 bits per heavy atom. The number of allylic oxidation sites excluding steroid dienone is 3. The van der Waals surface area contributed by atoms with Gasteiger partial charge in [-0.15, -0.1) is 0 Å². The Hall–Kier alpha value is -1.02. The molecular formula is C44H88N2O6P+. The standard InChI is InChI=1S/C44H87N2O6P/c1-6-8-10-12-14-16-18-20-22-23-24-25-27-29-31-33-35-37-43(47)42(41-52-53(49,50)51-40-39-46(3,4)5)45-44(48)38-36-34-32-30-28-26-21-19-17-15-13-11-9-7-2/h27,29,35,37,42-43,47H,6-26,28,30-34,36,38-41H2,1-5H3,(H-,45,48,49,50)/p+1/b29-27+,37-35+/t42-,43+/m0/s1. The van der Waals surface area contributed by atoms with Crippen molar-refractivity contribution in [2.75, 3.05) is 40.9 Å². The van der Waals surface area contributed by atoms with E-state index in [1.54, 1.807) is 6.08 Å². The van der Waals surface area contributed by atoms with E-state index in [4.69, 9.17) is 9.05 Å². The molecule has 1 amide bonds. The zero-order chi connectivity index (χ0) is 39.3. The Labute approximate surface area is 328 Å². The van der Waals surface area contributed by atoms with Gasteiger partial charge in [0.05, 0.1) is 39.9 Å². The van der Waals surface area contributed by atoms with Gasteiger partial charge in [-0.3, -0.25) is 13.8 Å². The minimum absolute atomic E-state index is 0.0582. The van der Waals surface area contributed by atoms with E-state index >= 15 is 0 Å². The van der Waals surface area contributed by atoms with Crippen LogP contribution >= 0.6 is 7.82 Å². The maximum atomic E-state index is 12.8. The number of aliphatic hydroxyl groups is 1. The fraction of sp³-hybridized carbons (Fsp3) is 0.886. The number of quaternary nitrogens is 1. The van der Waals surface area contributed by atoms with Gasteiger partial charge < -0.3 is 19.8 Å². The van der Waals surface area contributed by atoms with E-state index in [2.05, 4.69) is 31.3 Å². The molecule has 0 saturated heterocycles. The Kier molecular flexibility index (Phi) is 35.9. The lowest BCUT2D eigenvalue weighted by atomic mass is 10.0. The van der Waals surface area contributed by atoms with Gasteiger partial charge in [0, 0.05) is 6.42 Å². The van der Waals surface area contributed by atoms with Crippen molar-refractivity contribution >= 4 is 13.7 Å². The predicted molar refractivity (Wildman–Crippen MR) is 226 cm³/mol. The third kappa shape index (κ3) is 39.0. The molecule has 9 heteroatoms. The minimum atomic E-state index is -4.34. The van der Waals surface area contributed by atoms with Crippen molar-refractivity contribution in [2.45, 2.75) is 212 Å². The number of hydrogen-bond donors (Lipinski definition) is 3. The highest BCUT2D eigenvalue weighted by molar-refractivity contribution is 7.47. The van der Waals surface area contributed by atoms with Gasteiger partial charge in [0.15, 0.2) is 0 Å². The molecule has 0 rings (SSSR count). The molecule has 0 aliphatic rings. The summed E-state index contributed by atoms with van der Waals surface area (Å²) in [6.45, 7) is 4.80. The first-order chi connectivity index (χ1) is 25.5. The summed E-state index contributed by atoms with van der Waals surface area (Å²) in [6, 6.07) is -0.857. The zero-order valence-electron chi connectivity index (χ0n) is 35.5. The molecule has 0 aromatic carbocycles. The van der Waals surface area contributed by atoms with E-state index in [9.17, 15) is 19.4 Å². The first-order valence-corrected chi connectivity index (χ1v) is 23.7. The number of likely N-dealkylation sites (N-methyl/N-ethyl adjacent to an activating group) is 1. The number of carbonyl (C=O) groups is 1. The van der Waals surface area contributed by atoms with Crippen LogP contribution < -0.4 is 5.32 Å². The minimum Gasteiger partial charge on any atom is -0.387 e. The number of nitrogens with zero attached hydrogens (tertiary/aromatic N) is 1. The lowest BCUT2D eigenvalue weighted by Gasteiger charge is -2.25. The van der Waals surface area contributed by atoms with Crippen LogP contribution in [0.25, 0.3) is 0 Å². The maximum Gasteiger partial charge on any atom is 0.472 e. The third-order valence-corrected chi connectivity index (χ3v) is 10.9. The van der Waals surface area contributed by atoms with Crippen LogP contribution in [-0.4, -0.2) is 73.4 Å². The molecule has 0 aromatic rings. The molecule has 0 aromatic heterocycles. The van der Waals surface area contributed by atoms with Crippen molar-refractivity contribution in [1.82, 2.24) is 5.32 Å². The van der Waals surface area contributed by atoms with Crippen LogP contribution in [0, 0.1) is 0 Å². The number of phosphoric acid groups is 1. The lowest BCUT2D eigenvalue weighted by Crippen LogP contribution is -2.45. The SMILES string of the molecule is CCCCCCCCCCCCC/C=C/CC/C=C/[C@@H](O)[C@H](COP(=O)(O)OCC[N+](C)(C)C)NC(=O)CCCCCCCCCCCCCCCC. The van der Waals surface area contributed by atoms with E-state index in [-0.39, 0.29) is 19.1 Å². The van der Waals surface area contributed by atoms with Gasteiger partial charge in [-0.1, -0.05) is 186 Å². The van der Waals surface area contributed by atoms with E-state index in [1.807, 2.05) is 27.2 Å². The largest absolute Gasteiger partial charge is 0.472 e. The first kappa shape index (κ1) is 52.0. The van der Waals surface area contributed by atoms with Crippen LogP contribution in [0.15, 0.2) is 24.3 Å². The Morgan fingerprint density at radius 1 is 0.623 bits per heavy atom. The lowest BCUT2D eigenvalue weighted by molar-refractivity contribution is -0.870. The summed E-state index contributed by atoms with van der Waals surface area (Å²) >= 11 is 0. The quantitative estimate of drug-likeness (QED) is 0.0248. The molecule has 0 radical (unpaired) electrons. The van der Waals surface area contributed by atoms with Crippen molar-refractivity contribution in [3.8, 4) is 0 Å². The molecular weight excluding hydrogens is 683 g/mol. The van der Waals surface area contributed by atoms with Gasteiger partial charge in [-0.25, -0.2) is 4.57 Å². The number of aliphatic hydroxyl groups excluding tert-OH is 1. The molecule has 0 aliphatic heterocycles. The van der Waals surface area contributed by atoms with Crippen molar-refractivity contribution in [3.05, 3.63) is 24.3 Å². The monoisotopic (exact) mass is 772 g/mol. The Morgan fingerprint density at radius 3 is 1.51 bits per heavy atom. The zero-order valence-corrected chi connectivity index (χ0v) is 36.4. The summed E-state index contributed by atoms with van der Waals surface area (Å²) in [6.07, 6.45) is 42.4. The highest BCUT2D eigenvalue weighted by Gasteiger charge is 2.27. The van der Waals surface area contributed by atoms with Crippen LogP contribution in [0.2, 0.25) is 0 Å². The highest BCUT2D eigenvalue weighted by Crippen LogP contribution is 2.43.